The Hall–Kier alpha value is -2.92. The monoisotopic (exact) mass is 405 g/mol. The van der Waals surface area contributed by atoms with Crippen molar-refractivity contribution in [1.29, 1.82) is 0 Å². The van der Waals surface area contributed by atoms with Crippen LogP contribution in [-0.2, 0) is 0 Å². The van der Waals surface area contributed by atoms with Crippen LogP contribution in [0.4, 0.5) is 11.4 Å². The number of carbonyl (C=O) groups excluding carboxylic acids is 1. The molecule has 2 aromatic carbocycles. The summed E-state index contributed by atoms with van der Waals surface area (Å²) < 4.78 is 5.97. The molecule has 1 heterocycles. The van der Waals surface area contributed by atoms with E-state index in [1.807, 2.05) is 43.3 Å². The summed E-state index contributed by atoms with van der Waals surface area (Å²) in [7, 11) is 4.11. The Morgan fingerprint density at radius 3 is 2.70 bits per heavy atom. The highest BCUT2D eigenvalue weighted by atomic mass is 16.5. The topological polar surface area (TPSA) is 54.5 Å². The first kappa shape index (κ1) is 21.8. The molecule has 0 aliphatic carbocycles. The number of nitrogens with zero attached hydrogens (tertiary/aromatic N) is 2. The number of nitrogens with one attached hydrogen (secondary N) is 1. The van der Waals surface area contributed by atoms with Crippen molar-refractivity contribution >= 4 is 28.1 Å². The molecule has 5 heteroatoms. The molecule has 1 N–H and O–H groups in total. The summed E-state index contributed by atoms with van der Waals surface area (Å²) in [4.78, 5) is 19.5. The quantitative estimate of drug-likeness (QED) is 0.351. The molecule has 0 aliphatic heterocycles. The Morgan fingerprint density at radius 2 is 1.97 bits per heavy atom. The standard InChI is InChI=1S/C25H31N3O2/c1-5-9-24(29)21-17-26-23-13-12-19(30-15-8-14-28(3)4)16-20(23)25(21)27-22-11-7-6-10-18(22)2/h6-7,10-13,16-17H,5,8-9,14-15H2,1-4H3,(H,26,27). The van der Waals surface area contributed by atoms with Crippen molar-refractivity contribution in [2.75, 3.05) is 32.6 Å². The Balaban J connectivity index is 2.00. The number of fused-ring (bicyclic) bond motifs is 1. The number of hydrogen-bond donors (Lipinski definition) is 1. The second-order valence-electron chi connectivity index (χ2n) is 7.84. The molecule has 158 valence electrons. The predicted molar refractivity (Wildman–Crippen MR) is 124 cm³/mol. The molecule has 0 spiro atoms. The van der Waals surface area contributed by atoms with Crippen LogP contribution >= 0.6 is 0 Å². The summed E-state index contributed by atoms with van der Waals surface area (Å²) in [5.74, 6) is 0.885. The second kappa shape index (κ2) is 10.2. The molecule has 30 heavy (non-hydrogen) atoms. The van der Waals surface area contributed by atoms with Crippen LogP contribution in [0.15, 0.2) is 48.7 Å². The van der Waals surface area contributed by atoms with Crippen LogP contribution < -0.4 is 10.1 Å². The maximum atomic E-state index is 12.8. The van der Waals surface area contributed by atoms with Crippen LogP contribution in [0.25, 0.3) is 10.9 Å². The summed E-state index contributed by atoms with van der Waals surface area (Å²) >= 11 is 0. The third kappa shape index (κ3) is 5.36. The highest BCUT2D eigenvalue weighted by Gasteiger charge is 2.16. The highest BCUT2D eigenvalue weighted by Crippen LogP contribution is 2.33. The van der Waals surface area contributed by atoms with Gasteiger partial charge in [0.15, 0.2) is 5.78 Å². The second-order valence-corrected chi connectivity index (χ2v) is 7.84. The summed E-state index contributed by atoms with van der Waals surface area (Å²) in [6.45, 7) is 5.69. The van der Waals surface area contributed by atoms with Gasteiger partial charge in [0.25, 0.3) is 0 Å². The van der Waals surface area contributed by atoms with Gasteiger partial charge >= 0.3 is 0 Å². The van der Waals surface area contributed by atoms with Gasteiger partial charge < -0.3 is 15.0 Å². The zero-order valence-corrected chi connectivity index (χ0v) is 18.4. The van der Waals surface area contributed by atoms with Crippen molar-refractivity contribution in [3.63, 3.8) is 0 Å². The van der Waals surface area contributed by atoms with Crippen LogP contribution in [0.5, 0.6) is 5.75 Å². The summed E-state index contributed by atoms with van der Waals surface area (Å²) in [5.41, 5.74) is 4.35. The zero-order chi connectivity index (χ0) is 21.5. The minimum Gasteiger partial charge on any atom is -0.494 e. The number of hydrogen-bond acceptors (Lipinski definition) is 5. The molecule has 0 aliphatic rings. The molecule has 0 radical (unpaired) electrons. The Morgan fingerprint density at radius 1 is 1.17 bits per heavy atom. The van der Waals surface area contributed by atoms with Crippen molar-refractivity contribution < 1.29 is 9.53 Å². The molecule has 5 nitrogen and oxygen atoms in total. The van der Waals surface area contributed by atoms with Crippen molar-refractivity contribution in [2.45, 2.75) is 33.1 Å². The number of rotatable bonds is 10. The molecule has 0 saturated heterocycles. The average molecular weight is 406 g/mol. The molecular formula is C25H31N3O2. The van der Waals surface area contributed by atoms with Gasteiger partial charge in [0.05, 0.1) is 23.4 Å². The molecule has 0 fully saturated rings. The van der Waals surface area contributed by atoms with Crippen molar-refractivity contribution in [2.24, 2.45) is 0 Å². The van der Waals surface area contributed by atoms with E-state index in [1.165, 1.54) is 0 Å². The molecule has 0 amide bonds. The van der Waals surface area contributed by atoms with Gasteiger partial charge in [-0.2, -0.15) is 0 Å². The number of para-hydroxylation sites is 1. The normalized spacial score (nSPS) is 11.1. The molecule has 3 aromatic rings. The third-order valence-electron chi connectivity index (χ3n) is 5.04. The van der Waals surface area contributed by atoms with Gasteiger partial charge in [-0.05, 0) is 63.7 Å². The fourth-order valence-electron chi connectivity index (χ4n) is 3.39. The van der Waals surface area contributed by atoms with E-state index in [0.717, 1.165) is 53.0 Å². The van der Waals surface area contributed by atoms with Gasteiger partial charge in [0, 0.05) is 30.2 Å². The number of benzene rings is 2. The van der Waals surface area contributed by atoms with E-state index in [4.69, 9.17) is 4.74 Å². The number of Topliss-reactive ketones (excluding diaryl/α,β-unsaturated/α-hetero) is 1. The molecule has 0 atom stereocenters. The first-order valence-corrected chi connectivity index (χ1v) is 10.6. The van der Waals surface area contributed by atoms with Gasteiger partial charge in [-0.1, -0.05) is 25.1 Å². The lowest BCUT2D eigenvalue weighted by atomic mass is 10.0. The SMILES string of the molecule is CCCC(=O)c1cnc2ccc(OCCCN(C)C)cc2c1Nc1ccccc1C. The van der Waals surface area contributed by atoms with E-state index in [9.17, 15) is 4.79 Å². The van der Waals surface area contributed by atoms with E-state index in [2.05, 4.69) is 42.3 Å². The number of aryl methyl sites for hydroxylation is 1. The zero-order valence-electron chi connectivity index (χ0n) is 18.4. The molecule has 1 aromatic heterocycles. The van der Waals surface area contributed by atoms with Gasteiger partial charge in [-0.15, -0.1) is 0 Å². The van der Waals surface area contributed by atoms with Gasteiger partial charge in [-0.25, -0.2) is 0 Å². The minimum atomic E-state index is 0.0975. The van der Waals surface area contributed by atoms with Gasteiger partial charge in [0.2, 0.25) is 0 Å². The smallest absolute Gasteiger partial charge is 0.166 e. The molecule has 0 bridgehead atoms. The molecular weight excluding hydrogens is 374 g/mol. The molecule has 0 unspecified atom stereocenters. The van der Waals surface area contributed by atoms with Crippen LogP contribution in [0.2, 0.25) is 0 Å². The van der Waals surface area contributed by atoms with Crippen LogP contribution in [0.3, 0.4) is 0 Å². The number of carbonyl (C=O) groups is 1. The van der Waals surface area contributed by atoms with Crippen molar-refractivity contribution in [1.82, 2.24) is 9.88 Å². The lowest BCUT2D eigenvalue weighted by Gasteiger charge is -2.17. The fraction of sp³-hybridized carbons (Fsp3) is 0.360. The van der Waals surface area contributed by atoms with Crippen LogP contribution in [0.1, 0.15) is 42.1 Å². The summed E-state index contributed by atoms with van der Waals surface area (Å²) in [6, 6.07) is 14.0. The van der Waals surface area contributed by atoms with E-state index in [1.54, 1.807) is 6.20 Å². The van der Waals surface area contributed by atoms with Crippen LogP contribution in [0, 0.1) is 6.92 Å². The maximum absolute atomic E-state index is 12.8. The Bertz CT molecular complexity index is 1010. The summed E-state index contributed by atoms with van der Waals surface area (Å²) in [5, 5.41) is 4.40. The van der Waals surface area contributed by atoms with Crippen molar-refractivity contribution in [3.8, 4) is 5.75 Å². The molecule has 3 rings (SSSR count). The number of pyridine rings is 1. The van der Waals surface area contributed by atoms with E-state index in [-0.39, 0.29) is 5.78 Å². The van der Waals surface area contributed by atoms with E-state index < -0.39 is 0 Å². The number of aromatic nitrogens is 1. The lowest BCUT2D eigenvalue weighted by Crippen LogP contribution is -2.15. The lowest BCUT2D eigenvalue weighted by molar-refractivity contribution is 0.0982. The molecule has 0 saturated carbocycles. The van der Waals surface area contributed by atoms with Gasteiger partial charge in [0.1, 0.15) is 5.75 Å². The number of ether oxygens (including phenoxy) is 1. The summed E-state index contributed by atoms with van der Waals surface area (Å²) in [6.07, 6.45) is 3.94. The first-order chi connectivity index (χ1) is 14.5. The predicted octanol–water partition coefficient (Wildman–Crippen LogP) is 5.60. The Kier molecular flexibility index (Phi) is 7.41. The maximum Gasteiger partial charge on any atom is 0.166 e. The van der Waals surface area contributed by atoms with E-state index in [0.29, 0.717) is 18.6 Å². The van der Waals surface area contributed by atoms with Crippen LogP contribution in [-0.4, -0.2) is 42.9 Å². The van der Waals surface area contributed by atoms with E-state index >= 15 is 0 Å². The largest absolute Gasteiger partial charge is 0.494 e. The van der Waals surface area contributed by atoms with Crippen molar-refractivity contribution in [3.05, 3.63) is 59.8 Å². The Labute approximate surface area is 179 Å². The minimum absolute atomic E-state index is 0.0975. The average Bonchev–Trinajstić information content (AvgIpc) is 2.73. The highest BCUT2D eigenvalue weighted by molar-refractivity contribution is 6.09. The van der Waals surface area contributed by atoms with Gasteiger partial charge in [-0.3, -0.25) is 9.78 Å². The fourth-order valence-corrected chi connectivity index (χ4v) is 3.39. The third-order valence-corrected chi connectivity index (χ3v) is 5.04. The first-order valence-electron chi connectivity index (χ1n) is 10.6. The number of ketones is 1. The number of anilines is 2.